The molecular weight excluding hydrogens is 1050 g/mol. The summed E-state index contributed by atoms with van der Waals surface area (Å²) in [5, 5.41) is 44.2. The lowest BCUT2D eigenvalue weighted by atomic mass is 9.81. The topological polar surface area (TPSA) is 349 Å². The van der Waals surface area contributed by atoms with Gasteiger partial charge in [-0.1, -0.05) is 102 Å². The van der Waals surface area contributed by atoms with Crippen LogP contribution in [0.3, 0.4) is 0 Å². The van der Waals surface area contributed by atoms with Crippen LogP contribution in [-0.4, -0.2) is 166 Å². The van der Waals surface area contributed by atoms with Crippen molar-refractivity contribution in [3.63, 3.8) is 0 Å². The van der Waals surface area contributed by atoms with Crippen LogP contribution in [0.25, 0.3) is 0 Å². The predicted octanol–water partition coefficient (Wildman–Crippen LogP) is 4.13. The van der Waals surface area contributed by atoms with Gasteiger partial charge in [-0.05, 0) is 81.9 Å². The van der Waals surface area contributed by atoms with Gasteiger partial charge in [0.1, 0.15) is 25.0 Å². The average Bonchev–Trinajstić information content (AvgIpc) is 3.44. The number of benzene rings is 1. The summed E-state index contributed by atoms with van der Waals surface area (Å²) in [4.78, 5) is 109. The maximum atomic E-state index is 13.0. The van der Waals surface area contributed by atoms with Crippen molar-refractivity contribution in [3.05, 3.63) is 29.8 Å². The number of carbonyl (C=O) groups excluding carboxylic acids is 7. The first-order chi connectivity index (χ1) is 39.0. The van der Waals surface area contributed by atoms with Crippen molar-refractivity contribution < 1.29 is 77.4 Å². The highest BCUT2D eigenvalue weighted by molar-refractivity contribution is 5.91. The Kier molecular flexibility index (Phi) is 40.4. The van der Waals surface area contributed by atoms with Crippen molar-refractivity contribution in [1.29, 1.82) is 0 Å². The average molecular weight is 1150 g/mol. The lowest BCUT2D eigenvalue weighted by molar-refractivity contribution is -0.143. The number of carbonyl (C=O) groups is 9. The molecule has 0 aromatic heterocycles. The molecular formula is C58H97N7O16. The van der Waals surface area contributed by atoms with E-state index in [0.29, 0.717) is 25.8 Å². The predicted molar refractivity (Wildman–Crippen MR) is 303 cm³/mol. The zero-order valence-corrected chi connectivity index (χ0v) is 48.1. The third-order valence-corrected chi connectivity index (χ3v) is 14.1. The van der Waals surface area contributed by atoms with Gasteiger partial charge in [-0.25, -0.2) is 4.79 Å². The Labute approximate surface area is 478 Å². The Morgan fingerprint density at radius 3 is 1.56 bits per heavy atom. The van der Waals surface area contributed by atoms with E-state index in [-0.39, 0.29) is 145 Å². The lowest BCUT2D eigenvalue weighted by Crippen LogP contribution is -2.49. The number of amides is 6. The van der Waals surface area contributed by atoms with E-state index in [1.54, 1.807) is 12.1 Å². The van der Waals surface area contributed by atoms with Gasteiger partial charge in [0.2, 0.25) is 35.4 Å². The summed E-state index contributed by atoms with van der Waals surface area (Å²) in [7, 11) is 0. The molecule has 1 aliphatic rings. The third kappa shape index (κ3) is 38.6. The van der Waals surface area contributed by atoms with Crippen LogP contribution in [0, 0.1) is 11.8 Å². The SMILES string of the molecule is C[C@H](NC(=O)COCCOCCNC(=O)COCCOCCNC(=O)CC[C@H](NC(=O)C1CCC(CNC(=O)CCCCCCCCCCCCCCCCCCC(=O)O)CC1)C(=O)O)C(=O)CN[C@@H](Cc1ccc(O)cc1)C(N)=O. The van der Waals surface area contributed by atoms with Crippen molar-refractivity contribution in [2.24, 2.45) is 17.6 Å². The highest BCUT2D eigenvalue weighted by Gasteiger charge is 2.30. The first-order valence-corrected chi connectivity index (χ1v) is 29.5. The van der Waals surface area contributed by atoms with E-state index < -0.39 is 41.9 Å². The fourth-order valence-electron chi connectivity index (χ4n) is 9.15. The number of unbranched alkanes of at least 4 members (excludes halogenated alkanes) is 15. The van der Waals surface area contributed by atoms with E-state index >= 15 is 0 Å². The molecule has 3 atom stereocenters. The number of phenolic OH excluding ortho intramolecular Hbond substituents is 1. The van der Waals surface area contributed by atoms with Gasteiger partial charge < -0.3 is 66.6 Å². The number of primary amides is 1. The molecule has 0 bridgehead atoms. The first kappa shape index (κ1) is 71.4. The second-order valence-corrected chi connectivity index (χ2v) is 21.0. The summed E-state index contributed by atoms with van der Waals surface area (Å²) >= 11 is 0. The number of nitrogens with one attached hydrogen (secondary N) is 6. The molecule has 0 unspecified atom stereocenters. The number of phenols is 1. The molecule has 0 aliphatic heterocycles. The van der Waals surface area contributed by atoms with Gasteiger partial charge in [0.15, 0.2) is 5.78 Å². The van der Waals surface area contributed by atoms with Crippen LogP contribution < -0.4 is 37.6 Å². The quantitative estimate of drug-likeness (QED) is 0.0410. The summed E-state index contributed by atoms with van der Waals surface area (Å²) < 4.78 is 21.4. The summed E-state index contributed by atoms with van der Waals surface area (Å²) in [6.45, 7) is 2.57. The van der Waals surface area contributed by atoms with Gasteiger partial charge in [0.25, 0.3) is 0 Å². The zero-order chi connectivity index (χ0) is 59.3. The van der Waals surface area contributed by atoms with Gasteiger partial charge >= 0.3 is 11.9 Å². The largest absolute Gasteiger partial charge is 0.508 e. The summed E-state index contributed by atoms with van der Waals surface area (Å²) in [6.07, 6.45) is 22.2. The van der Waals surface area contributed by atoms with E-state index in [4.69, 9.17) is 29.8 Å². The van der Waals surface area contributed by atoms with E-state index in [2.05, 4.69) is 31.9 Å². The Bertz CT molecular complexity index is 1970. The first-order valence-electron chi connectivity index (χ1n) is 29.5. The highest BCUT2D eigenvalue weighted by atomic mass is 16.5. The van der Waals surface area contributed by atoms with Gasteiger partial charge in [0.05, 0.1) is 58.3 Å². The number of aromatic hydroxyl groups is 1. The fourth-order valence-corrected chi connectivity index (χ4v) is 9.15. The second-order valence-electron chi connectivity index (χ2n) is 21.0. The van der Waals surface area contributed by atoms with Crippen LogP contribution in [0.4, 0.5) is 0 Å². The number of carboxylic acid groups (broad SMARTS) is 2. The molecule has 0 saturated heterocycles. The number of ketones is 1. The molecule has 1 saturated carbocycles. The van der Waals surface area contributed by atoms with E-state index in [0.717, 1.165) is 56.9 Å². The maximum Gasteiger partial charge on any atom is 0.326 e. The van der Waals surface area contributed by atoms with Crippen LogP contribution in [0.1, 0.15) is 167 Å². The number of nitrogens with two attached hydrogens (primary N) is 1. The third-order valence-electron chi connectivity index (χ3n) is 14.1. The van der Waals surface area contributed by atoms with Gasteiger partial charge in [-0.3, -0.25) is 43.7 Å². The van der Waals surface area contributed by atoms with Crippen LogP contribution in [0.2, 0.25) is 0 Å². The van der Waals surface area contributed by atoms with Crippen molar-refractivity contribution in [1.82, 2.24) is 31.9 Å². The Morgan fingerprint density at radius 2 is 1.04 bits per heavy atom. The fraction of sp³-hybridized carbons (Fsp3) is 0.741. The molecule has 460 valence electrons. The molecule has 0 radical (unpaired) electrons. The number of carboxylic acids is 2. The molecule has 23 nitrogen and oxygen atoms in total. The van der Waals surface area contributed by atoms with E-state index in [9.17, 15) is 53.4 Å². The van der Waals surface area contributed by atoms with Crippen LogP contribution in [-0.2, 0) is 68.5 Å². The Morgan fingerprint density at radius 1 is 0.556 bits per heavy atom. The molecule has 6 amide bonds. The second kappa shape index (κ2) is 45.8. The van der Waals surface area contributed by atoms with Crippen LogP contribution >= 0.6 is 0 Å². The minimum atomic E-state index is -1.22. The molecule has 0 heterocycles. The molecule has 81 heavy (non-hydrogen) atoms. The number of hydrogen-bond donors (Lipinski definition) is 10. The monoisotopic (exact) mass is 1150 g/mol. The van der Waals surface area contributed by atoms with Crippen molar-refractivity contribution in [2.45, 2.75) is 186 Å². The molecule has 11 N–H and O–H groups in total. The lowest BCUT2D eigenvalue weighted by Gasteiger charge is -2.28. The number of Topliss-reactive ketones (excluding diaryl/α,β-unsaturated/α-hetero) is 1. The van der Waals surface area contributed by atoms with Crippen molar-refractivity contribution in [3.8, 4) is 5.75 Å². The van der Waals surface area contributed by atoms with Crippen LogP contribution in [0.5, 0.6) is 5.75 Å². The molecule has 1 aliphatic carbocycles. The maximum absolute atomic E-state index is 13.0. The molecule has 1 aromatic rings. The Hall–Kier alpha value is -5.75. The van der Waals surface area contributed by atoms with Crippen LogP contribution in [0.15, 0.2) is 24.3 Å². The molecule has 2 rings (SSSR count). The smallest absolute Gasteiger partial charge is 0.326 e. The standard InChI is InChI=1S/C58H97N7O16/c1-43(50(67)40-62-49(56(59)74)38-44-22-26-47(66)27-23-44)64-54(71)42-81-37-35-79-33-31-61-53(70)41-80-36-34-78-32-30-60-52(69)29-28-48(58(76)77)65-57(75)46-24-20-45(21-25-46)39-63-51(68)18-16-14-12-10-8-6-4-2-3-5-7-9-11-13-15-17-19-55(72)73/h22-23,26-27,43,45-46,48-49,62,66H,2-21,24-25,28-42H2,1H3,(H2,59,74)(H,60,69)(H,61,70)(H,63,68)(H,64,71)(H,65,75)(H,72,73)(H,76,77)/t43-,45?,46?,48-,49-/m0/s1. The number of hydrogen-bond acceptors (Lipinski definition) is 15. The molecule has 23 heteroatoms. The summed E-state index contributed by atoms with van der Waals surface area (Å²) in [5.74, 6) is -4.47. The highest BCUT2D eigenvalue weighted by Crippen LogP contribution is 2.29. The number of ether oxygens (including phenoxy) is 4. The summed E-state index contributed by atoms with van der Waals surface area (Å²) in [6, 6.07) is 3.35. The van der Waals surface area contributed by atoms with Crippen molar-refractivity contribution >= 4 is 53.2 Å². The van der Waals surface area contributed by atoms with E-state index in [1.807, 2.05) is 0 Å². The minimum Gasteiger partial charge on any atom is -0.508 e. The molecule has 1 fully saturated rings. The molecule has 0 spiro atoms. The number of rotatable bonds is 51. The Balaban J connectivity index is 1.38. The minimum absolute atomic E-state index is 0.0597. The number of aliphatic carboxylic acids is 2. The molecule has 1 aromatic carbocycles. The van der Waals surface area contributed by atoms with Crippen molar-refractivity contribution in [2.75, 3.05) is 79.0 Å². The normalized spacial score (nSPS) is 15.2. The van der Waals surface area contributed by atoms with Gasteiger partial charge in [-0.2, -0.15) is 0 Å². The van der Waals surface area contributed by atoms with Gasteiger partial charge in [-0.15, -0.1) is 0 Å². The zero-order valence-electron chi connectivity index (χ0n) is 48.1. The van der Waals surface area contributed by atoms with E-state index in [1.165, 1.54) is 83.3 Å². The van der Waals surface area contributed by atoms with Gasteiger partial charge in [0, 0.05) is 44.8 Å². The summed E-state index contributed by atoms with van der Waals surface area (Å²) in [5.41, 5.74) is 6.20.